The summed E-state index contributed by atoms with van der Waals surface area (Å²) < 4.78 is 7.75. The summed E-state index contributed by atoms with van der Waals surface area (Å²) in [7, 11) is 0. The van der Waals surface area contributed by atoms with Gasteiger partial charge in [0.15, 0.2) is 0 Å². The number of nitrogens with one attached hydrogen (secondary N) is 1. The molecule has 7 nitrogen and oxygen atoms in total. The lowest BCUT2D eigenvalue weighted by molar-refractivity contribution is 0.0460. The van der Waals surface area contributed by atoms with Crippen molar-refractivity contribution in [3.05, 3.63) is 80.5 Å². The van der Waals surface area contributed by atoms with E-state index in [0.29, 0.717) is 33.8 Å². The van der Waals surface area contributed by atoms with E-state index < -0.39 is 5.97 Å². The number of thiophene rings is 1. The maximum absolute atomic E-state index is 12.6. The van der Waals surface area contributed by atoms with Crippen LogP contribution in [-0.4, -0.2) is 25.7 Å². The van der Waals surface area contributed by atoms with Gasteiger partial charge in [-0.1, -0.05) is 30.3 Å². The number of carbonyl (C=O) groups excluding carboxylic acids is 1. The average molecular weight is 394 g/mol. The van der Waals surface area contributed by atoms with E-state index in [1.165, 1.54) is 11.3 Å². The number of aromatic nitrogens is 4. The van der Waals surface area contributed by atoms with E-state index in [9.17, 15) is 9.59 Å². The number of H-pyrrole nitrogens is 1. The highest BCUT2D eigenvalue weighted by Gasteiger charge is 2.20. The summed E-state index contributed by atoms with van der Waals surface area (Å²) in [6.45, 7) is 4.09. The molecular weight excluding hydrogens is 376 g/mol. The molecule has 0 unspecified atom stereocenters. The molecule has 4 rings (SSSR count). The monoisotopic (exact) mass is 394 g/mol. The average Bonchev–Trinajstić information content (AvgIpc) is 3.26. The number of carbonyl (C=O) groups is 1. The zero-order valence-corrected chi connectivity index (χ0v) is 16.2. The van der Waals surface area contributed by atoms with Crippen molar-refractivity contribution in [2.24, 2.45) is 0 Å². The molecule has 8 heteroatoms. The van der Waals surface area contributed by atoms with Crippen LogP contribution in [0.15, 0.2) is 46.6 Å². The van der Waals surface area contributed by atoms with Gasteiger partial charge in [0, 0.05) is 0 Å². The number of hydrogen-bond donors (Lipinski definition) is 1. The Hall–Kier alpha value is -3.26. The highest BCUT2D eigenvalue weighted by molar-refractivity contribution is 7.17. The molecule has 28 heavy (non-hydrogen) atoms. The molecule has 0 aliphatic rings. The fourth-order valence-electron chi connectivity index (χ4n) is 3.10. The zero-order valence-electron chi connectivity index (χ0n) is 15.4. The molecule has 0 radical (unpaired) electrons. The Labute approximate surface area is 164 Å². The van der Waals surface area contributed by atoms with E-state index in [4.69, 9.17) is 4.74 Å². The number of ether oxygens (including phenoxy) is 1. The van der Waals surface area contributed by atoms with E-state index in [-0.39, 0.29) is 12.2 Å². The van der Waals surface area contributed by atoms with Gasteiger partial charge >= 0.3 is 5.97 Å². The van der Waals surface area contributed by atoms with E-state index in [1.807, 2.05) is 37.3 Å². The van der Waals surface area contributed by atoms with Crippen LogP contribution in [0.2, 0.25) is 0 Å². The summed E-state index contributed by atoms with van der Waals surface area (Å²) in [5.74, 6) is -0.168. The largest absolute Gasteiger partial charge is 0.454 e. The van der Waals surface area contributed by atoms with Crippen molar-refractivity contribution < 1.29 is 9.53 Å². The van der Waals surface area contributed by atoms with Gasteiger partial charge in [-0.15, -0.1) is 11.3 Å². The highest BCUT2D eigenvalue weighted by atomic mass is 32.1. The Morgan fingerprint density at radius 1 is 1.21 bits per heavy atom. The van der Waals surface area contributed by atoms with Crippen molar-refractivity contribution in [1.82, 2.24) is 19.7 Å². The number of fused-ring (bicyclic) bond motifs is 1. The van der Waals surface area contributed by atoms with E-state index in [2.05, 4.69) is 15.1 Å². The molecule has 0 aliphatic carbocycles. The quantitative estimate of drug-likeness (QED) is 0.525. The number of hydrogen-bond acceptors (Lipinski definition) is 6. The second-order valence-electron chi connectivity index (χ2n) is 6.41. The number of benzene rings is 1. The van der Waals surface area contributed by atoms with Gasteiger partial charge < -0.3 is 9.72 Å². The molecule has 0 bridgehead atoms. The van der Waals surface area contributed by atoms with Gasteiger partial charge in [-0.3, -0.25) is 9.48 Å². The van der Waals surface area contributed by atoms with Crippen molar-refractivity contribution in [3.8, 4) is 0 Å². The summed E-state index contributed by atoms with van der Waals surface area (Å²) in [4.78, 5) is 31.6. The third-order valence-electron chi connectivity index (χ3n) is 4.46. The molecule has 1 aromatic carbocycles. The number of rotatable bonds is 5. The Morgan fingerprint density at radius 3 is 2.79 bits per heavy atom. The van der Waals surface area contributed by atoms with Crippen molar-refractivity contribution in [2.75, 3.05) is 0 Å². The van der Waals surface area contributed by atoms with Crippen LogP contribution in [0.5, 0.6) is 0 Å². The summed E-state index contributed by atoms with van der Waals surface area (Å²) in [5, 5.41) is 6.28. The molecule has 0 saturated heterocycles. The molecule has 0 aliphatic heterocycles. The lowest BCUT2D eigenvalue weighted by atomic mass is 10.2. The van der Waals surface area contributed by atoms with Gasteiger partial charge in [0.05, 0.1) is 23.4 Å². The molecule has 1 N–H and O–H groups in total. The minimum Gasteiger partial charge on any atom is -0.454 e. The van der Waals surface area contributed by atoms with Crippen molar-refractivity contribution in [3.63, 3.8) is 0 Å². The van der Waals surface area contributed by atoms with Gasteiger partial charge in [-0.25, -0.2) is 9.78 Å². The number of nitrogens with zero attached hydrogens (tertiary/aromatic N) is 3. The molecule has 0 saturated carbocycles. The molecule has 4 aromatic rings. The summed E-state index contributed by atoms with van der Waals surface area (Å²) in [6, 6.07) is 11.7. The van der Waals surface area contributed by atoms with Crippen LogP contribution in [0.4, 0.5) is 0 Å². The summed E-state index contributed by atoms with van der Waals surface area (Å²) in [6.07, 6.45) is 0. The first-order valence-corrected chi connectivity index (χ1v) is 9.62. The van der Waals surface area contributed by atoms with Crippen LogP contribution in [-0.2, 0) is 17.9 Å². The molecule has 142 valence electrons. The van der Waals surface area contributed by atoms with Crippen LogP contribution in [0.25, 0.3) is 10.2 Å². The summed E-state index contributed by atoms with van der Waals surface area (Å²) >= 11 is 1.33. The Balaban J connectivity index is 1.52. The smallest absolute Gasteiger partial charge is 0.342 e. The normalized spacial score (nSPS) is 11.1. The first-order valence-electron chi connectivity index (χ1n) is 8.74. The van der Waals surface area contributed by atoms with Crippen LogP contribution >= 0.6 is 11.3 Å². The molecule has 0 fully saturated rings. The van der Waals surface area contributed by atoms with Gasteiger partial charge in [0.1, 0.15) is 22.7 Å². The van der Waals surface area contributed by atoms with Crippen molar-refractivity contribution in [1.29, 1.82) is 0 Å². The van der Waals surface area contributed by atoms with Crippen LogP contribution in [0.1, 0.15) is 33.1 Å². The lowest BCUT2D eigenvalue weighted by Gasteiger charge is -2.07. The predicted octanol–water partition coefficient (Wildman–Crippen LogP) is 3.20. The molecule has 3 aromatic heterocycles. The second-order valence-corrected chi connectivity index (χ2v) is 7.33. The molecule has 0 amide bonds. The van der Waals surface area contributed by atoms with E-state index in [0.717, 1.165) is 11.3 Å². The van der Waals surface area contributed by atoms with Gasteiger partial charge in [-0.2, -0.15) is 5.10 Å². The Morgan fingerprint density at radius 2 is 2.00 bits per heavy atom. The first kappa shape index (κ1) is 18.1. The molecular formula is C20H18N4O3S. The summed E-state index contributed by atoms with van der Waals surface area (Å²) in [5.41, 5.74) is 3.25. The maximum Gasteiger partial charge on any atom is 0.342 e. The van der Waals surface area contributed by atoms with Crippen LogP contribution < -0.4 is 5.56 Å². The Kier molecular flexibility index (Phi) is 4.79. The van der Waals surface area contributed by atoms with Crippen LogP contribution in [0.3, 0.4) is 0 Å². The van der Waals surface area contributed by atoms with E-state index >= 15 is 0 Å². The maximum atomic E-state index is 12.6. The minimum absolute atomic E-state index is 0.109. The predicted molar refractivity (Wildman–Crippen MR) is 107 cm³/mol. The highest BCUT2D eigenvalue weighted by Crippen LogP contribution is 2.17. The van der Waals surface area contributed by atoms with Gasteiger partial charge in [0.2, 0.25) is 0 Å². The van der Waals surface area contributed by atoms with Gasteiger partial charge in [-0.05, 0) is 30.9 Å². The number of aromatic amines is 1. The number of esters is 1. The fourth-order valence-corrected chi connectivity index (χ4v) is 3.82. The van der Waals surface area contributed by atoms with Crippen molar-refractivity contribution >= 4 is 27.5 Å². The minimum atomic E-state index is -0.484. The third kappa shape index (κ3) is 3.46. The number of aryl methyl sites for hydroxylation is 1. The fraction of sp³-hybridized carbons (Fsp3) is 0.200. The Bertz CT molecular complexity index is 1210. The second kappa shape index (κ2) is 7.40. The topological polar surface area (TPSA) is 89.9 Å². The molecule has 0 spiro atoms. The van der Waals surface area contributed by atoms with Crippen molar-refractivity contribution in [2.45, 2.75) is 27.0 Å². The third-order valence-corrected chi connectivity index (χ3v) is 5.37. The molecule has 3 heterocycles. The lowest BCUT2D eigenvalue weighted by Crippen LogP contribution is -2.14. The SMILES string of the molecule is Cc1nn(Cc2ccccc2)c(C)c1C(=O)OCc1nc2ccsc2c(=O)[nH]1. The zero-order chi connectivity index (χ0) is 19.7. The molecule has 0 atom stereocenters. The first-order chi connectivity index (χ1) is 13.5. The van der Waals surface area contributed by atoms with Gasteiger partial charge in [0.25, 0.3) is 5.56 Å². The van der Waals surface area contributed by atoms with Crippen LogP contribution in [0, 0.1) is 13.8 Å². The van der Waals surface area contributed by atoms with E-state index in [1.54, 1.807) is 23.1 Å². The standard InChI is InChI=1S/C20H18N4O3S/c1-12-17(13(2)24(23-12)10-14-6-4-3-5-7-14)20(26)27-11-16-21-15-8-9-28-18(15)19(25)22-16/h3-9H,10-11H2,1-2H3,(H,21,22,25).